The SMILES string of the molecule is O=C(OC1CC/C=C/CCC1)C1CCC1. The van der Waals surface area contributed by atoms with Crippen molar-refractivity contribution in [3.05, 3.63) is 12.2 Å². The van der Waals surface area contributed by atoms with Gasteiger partial charge in [0.2, 0.25) is 0 Å². The Labute approximate surface area is 91.7 Å². The fourth-order valence-corrected chi connectivity index (χ4v) is 2.15. The maximum atomic E-state index is 11.7. The van der Waals surface area contributed by atoms with Crippen molar-refractivity contribution in [1.29, 1.82) is 0 Å². The minimum Gasteiger partial charge on any atom is -0.462 e. The van der Waals surface area contributed by atoms with E-state index in [0.29, 0.717) is 0 Å². The Morgan fingerprint density at radius 2 is 1.80 bits per heavy atom. The number of carbonyl (C=O) groups excluding carboxylic acids is 1. The van der Waals surface area contributed by atoms with Crippen LogP contribution in [0.5, 0.6) is 0 Å². The zero-order valence-corrected chi connectivity index (χ0v) is 9.28. The summed E-state index contributed by atoms with van der Waals surface area (Å²) in [5, 5.41) is 0. The van der Waals surface area contributed by atoms with Crippen LogP contribution in [-0.2, 0) is 9.53 Å². The number of allylic oxidation sites excluding steroid dienone is 2. The Hall–Kier alpha value is -0.790. The van der Waals surface area contributed by atoms with Crippen molar-refractivity contribution < 1.29 is 9.53 Å². The Morgan fingerprint density at radius 1 is 1.00 bits per heavy atom. The normalized spacial score (nSPS) is 29.7. The van der Waals surface area contributed by atoms with Gasteiger partial charge in [0.25, 0.3) is 0 Å². The Kier molecular flexibility index (Phi) is 3.81. The molecule has 0 aromatic heterocycles. The van der Waals surface area contributed by atoms with E-state index >= 15 is 0 Å². The van der Waals surface area contributed by atoms with Gasteiger partial charge in [-0.25, -0.2) is 0 Å². The second-order valence-corrected chi connectivity index (χ2v) is 4.67. The number of hydrogen-bond donors (Lipinski definition) is 0. The molecule has 0 amide bonds. The first kappa shape index (κ1) is 10.7. The second kappa shape index (κ2) is 5.34. The van der Waals surface area contributed by atoms with Gasteiger partial charge in [0.15, 0.2) is 0 Å². The summed E-state index contributed by atoms with van der Waals surface area (Å²) in [6.45, 7) is 0. The first-order valence-corrected chi connectivity index (χ1v) is 6.22. The van der Waals surface area contributed by atoms with Crippen LogP contribution in [0.2, 0.25) is 0 Å². The van der Waals surface area contributed by atoms with Crippen LogP contribution in [0.3, 0.4) is 0 Å². The summed E-state index contributed by atoms with van der Waals surface area (Å²) in [4.78, 5) is 11.7. The van der Waals surface area contributed by atoms with Gasteiger partial charge in [0, 0.05) is 0 Å². The van der Waals surface area contributed by atoms with Crippen LogP contribution in [0.4, 0.5) is 0 Å². The summed E-state index contributed by atoms with van der Waals surface area (Å²) in [7, 11) is 0. The molecule has 0 saturated heterocycles. The minimum absolute atomic E-state index is 0.0656. The number of ether oxygens (including phenoxy) is 1. The van der Waals surface area contributed by atoms with E-state index in [4.69, 9.17) is 4.74 Å². The third-order valence-electron chi connectivity index (χ3n) is 3.44. The smallest absolute Gasteiger partial charge is 0.309 e. The van der Waals surface area contributed by atoms with E-state index in [1.165, 1.54) is 6.42 Å². The molecule has 0 aromatic rings. The van der Waals surface area contributed by atoms with Gasteiger partial charge >= 0.3 is 5.97 Å². The average Bonchev–Trinajstić information content (AvgIpc) is 2.06. The van der Waals surface area contributed by atoms with Crippen LogP contribution in [-0.4, -0.2) is 12.1 Å². The van der Waals surface area contributed by atoms with Gasteiger partial charge in [-0.1, -0.05) is 18.6 Å². The maximum Gasteiger partial charge on any atom is 0.309 e. The highest BCUT2D eigenvalue weighted by atomic mass is 16.5. The van der Waals surface area contributed by atoms with Gasteiger partial charge in [-0.15, -0.1) is 0 Å². The summed E-state index contributed by atoms with van der Waals surface area (Å²) in [6, 6.07) is 0. The highest BCUT2D eigenvalue weighted by Gasteiger charge is 2.28. The van der Waals surface area contributed by atoms with Crippen LogP contribution in [0.25, 0.3) is 0 Å². The zero-order valence-electron chi connectivity index (χ0n) is 9.28. The fourth-order valence-electron chi connectivity index (χ4n) is 2.15. The van der Waals surface area contributed by atoms with Crippen molar-refractivity contribution >= 4 is 5.97 Å². The maximum absolute atomic E-state index is 11.7. The highest BCUT2D eigenvalue weighted by molar-refractivity contribution is 5.73. The van der Waals surface area contributed by atoms with E-state index in [2.05, 4.69) is 12.2 Å². The van der Waals surface area contributed by atoms with E-state index in [1.54, 1.807) is 0 Å². The summed E-state index contributed by atoms with van der Waals surface area (Å²) >= 11 is 0. The largest absolute Gasteiger partial charge is 0.462 e. The molecule has 1 unspecified atom stereocenters. The molecule has 0 bridgehead atoms. The van der Waals surface area contributed by atoms with Gasteiger partial charge in [-0.05, 0) is 44.9 Å². The van der Waals surface area contributed by atoms with Crippen LogP contribution in [0, 0.1) is 5.92 Å². The summed E-state index contributed by atoms with van der Waals surface area (Å²) in [5.41, 5.74) is 0. The quantitative estimate of drug-likeness (QED) is 0.514. The zero-order chi connectivity index (χ0) is 10.5. The van der Waals surface area contributed by atoms with Crippen molar-refractivity contribution in [3.63, 3.8) is 0 Å². The van der Waals surface area contributed by atoms with E-state index in [-0.39, 0.29) is 18.0 Å². The molecule has 0 aromatic carbocycles. The molecule has 0 N–H and O–H groups in total. The molecule has 2 aliphatic carbocycles. The molecule has 1 fully saturated rings. The van der Waals surface area contributed by atoms with Crippen LogP contribution in [0.1, 0.15) is 51.4 Å². The average molecular weight is 208 g/mol. The first-order chi connectivity index (χ1) is 7.36. The van der Waals surface area contributed by atoms with Gasteiger partial charge in [0.1, 0.15) is 6.10 Å². The molecular formula is C13H20O2. The lowest BCUT2D eigenvalue weighted by Gasteiger charge is -2.26. The van der Waals surface area contributed by atoms with Gasteiger partial charge in [-0.2, -0.15) is 0 Å². The minimum atomic E-state index is 0.0656. The molecule has 0 spiro atoms. The molecule has 0 heterocycles. The molecule has 2 heteroatoms. The van der Waals surface area contributed by atoms with E-state index < -0.39 is 0 Å². The van der Waals surface area contributed by atoms with Gasteiger partial charge in [-0.3, -0.25) is 4.79 Å². The van der Waals surface area contributed by atoms with E-state index in [9.17, 15) is 4.79 Å². The Bertz CT molecular complexity index is 241. The summed E-state index contributed by atoms with van der Waals surface area (Å²) in [5.74, 6) is 0.293. The summed E-state index contributed by atoms with van der Waals surface area (Å²) < 4.78 is 5.56. The number of esters is 1. The van der Waals surface area contributed by atoms with E-state index in [0.717, 1.165) is 44.9 Å². The molecule has 1 atom stereocenters. The lowest BCUT2D eigenvalue weighted by Crippen LogP contribution is -2.28. The molecule has 2 rings (SSSR count). The summed E-state index contributed by atoms with van der Waals surface area (Å²) in [6.07, 6.45) is 13.3. The molecule has 2 nitrogen and oxygen atoms in total. The standard InChI is InChI=1S/C13H20O2/c14-13(11-7-6-8-11)15-12-9-4-2-1-3-5-10-12/h1-2,11-12H,3-10H2/b2-1+. The molecule has 15 heavy (non-hydrogen) atoms. The number of rotatable bonds is 2. The predicted molar refractivity (Wildman–Crippen MR) is 59.4 cm³/mol. The molecule has 0 aliphatic heterocycles. The van der Waals surface area contributed by atoms with Crippen molar-refractivity contribution in [2.45, 2.75) is 57.5 Å². The highest BCUT2D eigenvalue weighted by Crippen LogP contribution is 2.28. The lowest BCUT2D eigenvalue weighted by atomic mass is 9.85. The van der Waals surface area contributed by atoms with Crippen LogP contribution in [0.15, 0.2) is 12.2 Å². The molecular weight excluding hydrogens is 188 g/mol. The van der Waals surface area contributed by atoms with Crippen molar-refractivity contribution in [3.8, 4) is 0 Å². The molecule has 0 radical (unpaired) electrons. The molecule has 1 saturated carbocycles. The second-order valence-electron chi connectivity index (χ2n) is 4.67. The predicted octanol–water partition coefficient (Wildman–Crippen LogP) is 3.22. The lowest BCUT2D eigenvalue weighted by molar-refractivity contribution is -0.157. The Balaban J connectivity index is 1.76. The third kappa shape index (κ3) is 3.08. The van der Waals surface area contributed by atoms with Crippen molar-refractivity contribution in [2.24, 2.45) is 5.92 Å². The topological polar surface area (TPSA) is 26.3 Å². The fraction of sp³-hybridized carbons (Fsp3) is 0.769. The monoisotopic (exact) mass is 208 g/mol. The van der Waals surface area contributed by atoms with E-state index in [1.807, 2.05) is 0 Å². The first-order valence-electron chi connectivity index (χ1n) is 6.22. The molecule has 84 valence electrons. The Morgan fingerprint density at radius 3 is 2.53 bits per heavy atom. The van der Waals surface area contributed by atoms with Gasteiger partial charge in [0.05, 0.1) is 5.92 Å². The van der Waals surface area contributed by atoms with Crippen LogP contribution < -0.4 is 0 Å². The van der Waals surface area contributed by atoms with Crippen molar-refractivity contribution in [2.75, 3.05) is 0 Å². The van der Waals surface area contributed by atoms with Gasteiger partial charge < -0.3 is 4.74 Å². The third-order valence-corrected chi connectivity index (χ3v) is 3.44. The van der Waals surface area contributed by atoms with Crippen molar-refractivity contribution in [1.82, 2.24) is 0 Å². The number of hydrogen-bond acceptors (Lipinski definition) is 2. The molecule has 2 aliphatic rings. The number of carbonyl (C=O) groups is 1. The van der Waals surface area contributed by atoms with Crippen LogP contribution >= 0.6 is 0 Å².